The molecule has 2 unspecified atom stereocenters. The van der Waals surface area contributed by atoms with E-state index in [9.17, 15) is 0 Å². The first-order chi connectivity index (χ1) is 9.55. The fraction of sp³-hybridized carbons (Fsp3) is 0.625. The van der Waals surface area contributed by atoms with E-state index in [1.54, 1.807) is 0 Å². The third-order valence-electron chi connectivity index (χ3n) is 5.08. The lowest BCUT2D eigenvalue weighted by Gasteiger charge is -2.38. The molecule has 4 heteroatoms. The Balaban J connectivity index is 2.00. The first kappa shape index (κ1) is 14.5. The molecule has 0 N–H and O–H groups in total. The molecular weight excluding hydrogens is 280 g/mol. The molecule has 2 fully saturated rings. The lowest BCUT2D eigenvalue weighted by atomic mass is 10.3. The van der Waals surface area contributed by atoms with Gasteiger partial charge >= 0.3 is 0 Å². The van der Waals surface area contributed by atoms with E-state index in [1.165, 1.54) is 53.7 Å². The summed E-state index contributed by atoms with van der Waals surface area (Å²) in [5.74, 6) is 0. The van der Waals surface area contributed by atoms with E-state index in [2.05, 4.69) is 31.8 Å². The van der Waals surface area contributed by atoms with Gasteiger partial charge in [-0.1, -0.05) is 31.6 Å². The zero-order valence-corrected chi connectivity index (χ0v) is 14.8. The molecule has 0 spiro atoms. The van der Waals surface area contributed by atoms with Crippen LogP contribution in [-0.4, -0.2) is 29.8 Å². The molecule has 1 aliphatic carbocycles. The van der Waals surface area contributed by atoms with Crippen LogP contribution in [0.5, 0.6) is 0 Å². The van der Waals surface area contributed by atoms with Crippen LogP contribution in [0.2, 0.25) is 25.2 Å². The number of hydrogen-bond donors (Lipinski definition) is 0. The van der Waals surface area contributed by atoms with Crippen LogP contribution in [0.25, 0.3) is 0 Å². The van der Waals surface area contributed by atoms with Gasteiger partial charge < -0.3 is 8.85 Å². The Morgan fingerprint density at radius 2 is 1.50 bits per heavy atom. The summed E-state index contributed by atoms with van der Waals surface area (Å²) in [5.41, 5.74) is 1.21. The minimum atomic E-state index is -1.79. The van der Waals surface area contributed by atoms with E-state index >= 15 is 0 Å². The van der Waals surface area contributed by atoms with E-state index in [4.69, 9.17) is 8.85 Å². The zero-order chi connectivity index (χ0) is 14.2. The molecule has 20 heavy (non-hydrogen) atoms. The Morgan fingerprint density at radius 1 is 0.900 bits per heavy atom. The second-order valence-corrected chi connectivity index (χ2v) is 14.3. The highest BCUT2D eigenvalue weighted by molar-refractivity contribution is 6.87. The molecule has 2 heterocycles. The quantitative estimate of drug-likeness (QED) is 0.710. The molecule has 2 aliphatic heterocycles. The maximum Gasteiger partial charge on any atom is 0.221 e. The maximum absolute atomic E-state index is 6.33. The second-order valence-electron chi connectivity index (χ2n) is 6.72. The standard InChI is InChI=1S/C16H26O2Si2/c1-14-8-9-15(19(2)12-6-4-10-17-19)16(14)20(3)13-7-5-11-18-20/h8-9H,1,4-7,10-13H2,2-3H3. The smallest absolute Gasteiger partial charge is 0.221 e. The Bertz CT molecular complexity index is 441. The fourth-order valence-electron chi connectivity index (χ4n) is 3.87. The number of allylic oxidation sites excluding steroid dienone is 5. The van der Waals surface area contributed by atoms with Crippen molar-refractivity contribution in [2.24, 2.45) is 0 Å². The third kappa shape index (κ3) is 2.43. The van der Waals surface area contributed by atoms with Gasteiger partial charge in [0.05, 0.1) is 0 Å². The average molecular weight is 307 g/mol. The monoisotopic (exact) mass is 306 g/mol. The molecule has 0 aromatic carbocycles. The van der Waals surface area contributed by atoms with Crippen LogP contribution in [0.1, 0.15) is 25.7 Å². The van der Waals surface area contributed by atoms with Crippen LogP contribution in [-0.2, 0) is 8.85 Å². The molecule has 0 saturated carbocycles. The van der Waals surface area contributed by atoms with Crippen LogP contribution in [0.4, 0.5) is 0 Å². The summed E-state index contributed by atoms with van der Waals surface area (Å²) in [7, 11) is -3.54. The van der Waals surface area contributed by atoms with E-state index in [1.807, 2.05) is 0 Å². The SMILES string of the molecule is C=C1C=CC([Si]2(C)CCCCO2)=C1[Si]1(C)CCCCO1. The molecule has 0 aromatic rings. The molecule has 2 nitrogen and oxygen atoms in total. The van der Waals surface area contributed by atoms with Gasteiger partial charge in [-0.25, -0.2) is 0 Å². The largest absolute Gasteiger partial charge is 0.413 e. The Kier molecular flexibility index (Phi) is 3.92. The normalized spacial score (nSPS) is 38.6. The van der Waals surface area contributed by atoms with E-state index in [-0.39, 0.29) is 0 Å². The lowest BCUT2D eigenvalue weighted by Crippen LogP contribution is -2.46. The van der Waals surface area contributed by atoms with Gasteiger partial charge in [0.25, 0.3) is 0 Å². The van der Waals surface area contributed by atoms with Crippen molar-refractivity contribution in [3.05, 3.63) is 34.7 Å². The van der Waals surface area contributed by atoms with Crippen molar-refractivity contribution >= 4 is 16.6 Å². The molecule has 2 saturated heterocycles. The molecular formula is C16H26O2Si2. The van der Waals surface area contributed by atoms with Crippen LogP contribution in [0.15, 0.2) is 34.7 Å². The minimum Gasteiger partial charge on any atom is -0.413 e. The van der Waals surface area contributed by atoms with Gasteiger partial charge in [-0.15, -0.1) is 0 Å². The predicted molar refractivity (Wildman–Crippen MR) is 88.5 cm³/mol. The number of rotatable bonds is 2. The van der Waals surface area contributed by atoms with Gasteiger partial charge in [0.2, 0.25) is 16.6 Å². The predicted octanol–water partition coefficient (Wildman–Crippen LogP) is 4.26. The van der Waals surface area contributed by atoms with Gasteiger partial charge in [0.15, 0.2) is 0 Å². The van der Waals surface area contributed by atoms with Crippen LogP contribution in [0, 0.1) is 0 Å². The molecule has 0 amide bonds. The van der Waals surface area contributed by atoms with Crippen molar-refractivity contribution in [3.8, 4) is 0 Å². The van der Waals surface area contributed by atoms with Gasteiger partial charge in [0.1, 0.15) is 0 Å². The average Bonchev–Trinajstić information content (AvgIpc) is 2.84. The maximum atomic E-state index is 6.33. The third-order valence-corrected chi connectivity index (χ3v) is 12.8. The van der Waals surface area contributed by atoms with Crippen LogP contribution >= 0.6 is 0 Å². The molecule has 2 atom stereocenters. The highest BCUT2D eigenvalue weighted by Gasteiger charge is 2.45. The van der Waals surface area contributed by atoms with Crippen molar-refractivity contribution in [1.82, 2.24) is 0 Å². The van der Waals surface area contributed by atoms with E-state index < -0.39 is 16.6 Å². The van der Waals surface area contributed by atoms with Crippen molar-refractivity contribution in [1.29, 1.82) is 0 Å². The molecule has 110 valence electrons. The molecule has 0 bridgehead atoms. The Morgan fingerprint density at radius 3 is 2.05 bits per heavy atom. The number of hydrogen-bond acceptors (Lipinski definition) is 2. The zero-order valence-electron chi connectivity index (χ0n) is 12.8. The Labute approximate surface area is 124 Å². The molecule has 0 radical (unpaired) electrons. The van der Waals surface area contributed by atoms with Crippen molar-refractivity contribution in [3.63, 3.8) is 0 Å². The lowest BCUT2D eigenvalue weighted by molar-refractivity contribution is 0.273. The van der Waals surface area contributed by atoms with Crippen molar-refractivity contribution in [2.75, 3.05) is 13.2 Å². The fourth-order valence-corrected chi connectivity index (χ4v) is 12.1. The van der Waals surface area contributed by atoms with E-state index in [0.717, 1.165) is 13.2 Å². The summed E-state index contributed by atoms with van der Waals surface area (Å²) in [5, 5.41) is 3.01. The summed E-state index contributed by atoms with van der Waals surface area (Å²) in [6, 6.07) is 2.50. The van der Waals surface area contributed by atoms with Crippen molar-refractivity contribution in [2.45, 2.75) is 50.9 Å². The summed E-state index contributed by atoms with van der Waals surface area (Å²) >= 11 is 0. The topological polar surface area (TPSA) is 18.5 Å². The molecule has 3 aliphatic rings. The molecule has 3 rings (SSSR count). The highest BCUT2D eigenvalue weighted by atomic mass is 28.4. The van der Waals surface area contributed by atoms with Gasteiger partial charge in [-0.05, 0) is 54.0 Å². The summed E-state index contributed by atoms with van der Waals surface area (Å²) in [6.45, 7) is 11.0. The van der Waals surface area contributed by atoms with Gasteiger partial charge in [0, 0.05) is 13.2 Å². The summed E-state index contributed by atoms with van der Waals surface area (Å²) in [4.78, 5) is 0. The van der Waals surface area contributed by atoms with Crippen molar-refractivity contribution < 1.29 is 8.85 Å². The summed E-state index contributed by atoms with van der Waals surface area (Å²) < 4.78 is 12.7. The van der Waals surface area contributed by atoms with Crippen LogP contribution in [0.3, 0.4) is 0 Å². The first-order valence-electron chi connectivity index (χ1n) is 7.96. The first-order valence-corrected chi connectivity index (χ1v) is 13.2. The molecule has 0 aromatic heterocycles. The van der Waals surface area contributed by atoms with Gasteiger partial charge in [-0.3, -0.25) is 0 Å². The minimum absolute atomic E-state index is 0.936. The Hall–Kier alpha value is -0.426. The highest BCUT2D eigenvalue weighted by Crippen LogP contribution is 2.43. The summed E-state index contributed by atoms with van der Waals surface area (Å²) in [6.07, 6.45) is 9.59. The van der Waals surface area contributed by atoms with E-state index in [0.29, 0.717) is 0 Å². The second kappa shape index (κ2) is 5.41. The van der Waals surface area contributed by atoms with Gasteiger partial charge in [-0.2, -0.15) is 0 Å². The van der Waals surface area contributed by atoms with Crippen LogP contribution < -0.4 is 0 Å².